The van der Waals surface area contributed by atoms with Gasteiger partial charge in [-0.05, 0) is 70.6 Å². The van der Waals surface area contributed by atoms with Gasteiger partial charge in [0.1, 0.15) is 19.8 Å². The molecule has 0 saturated carbocycles. The lowest BCUT2D eigenvalue weighted by atomic mass is 10.1. The first-order chi connectivity index (χ1) is 25.5. The van der Waals surface area contributed by atoms with Crippen molar-refractivity contribution < 1.29 is 42.1 Å². The van der Waals surface area contributed by atoms with Gasteiger partial charge in [0, 0.05) is 12.8 Å². The number of unbranched alkanes of at least 4 members (excludes halogenated alkanes) is 15. The van der Waals surface area contributed by atoms with Gasteiger partial charge >= 0.3 is 19.8 Å². The largest absolute Gasteiger partial charge is 0.472 e. The van der Waals surface area contributed by atoms with E-state index >= 15 is 0 Å². The molecule has 0 rings (SSSR count). The Hall–Kier alpha value is -2.03. The van der Waals surface area contributed by atoms with Crippen LogP contribution in [0.1, 0.15) is 162 Å². The molecule has 0 aliphatic heterocycles. The molecule has 1 N–H and O–H groups in total. The summed E-state index contributed by atoms with van der Waals surface area (Å²) >= 11 is 0. The predicted octanol–water partition coefficient (Wildman–Crippen LogP) is 11.5. The Labute approximate surface area is 324 Å². The van der Waals surface area contributed by atoms with Crippen molar-refractivity contribution in [3.8, 4) is 0 Å². The van der Waals surface area contributed by atoms with Crippen LogP contribution in [0.2, 0.25) is 0 Å². The van der Waals surface area contributed by atoms with E-state index in [1.165, 1.54) is 38.5 Å². The van der Waals surface area contributed by atoms with Crippen molar-refractivity contribution in [2.45, 2.75) is 168 Å². The first kappa shape index (κ1) is 51.0. The van der Waals surface area contributed by atoms with Gasteiger partial charge in [-0.3, -0.25) is 18.6 Å². The fourth-order valence-corrected chi connectivity index (χ4v) is 5.98. The van der Waals surface area contributed by atoms with Crippen LogP contribution in [0, 0.1) is 0 Å². The van der Waals surface area contributed by atoms with Crippen molar-refractivity contribution in [1.29, 1.82) is 0 Å². The molecular formula is C43H79NO8P+. The van der Waals surface area contributed by atoms with Crippen molar-refractivity contribution in [3.05, 3.63) is 48.6 Å². The number of quaternary nitrogens is 1. The molecule has 9 nitrogen and oxygen atoms in total. The molecule has 0 saturated heterocycles. The number of allylic oxidation sites excluding steroid dienone is 8. The second-order valence-electron chi connectivity index (χ2n) is 15.0. The second-order valence-corrected chi connectivity index (χ2v) is 16.5. The summed E-state index contributed by atoms with van der Waals surface area (Å²) in [6, 6.07) is 0. The average molecular weight is 769 g/mol. The van der Waals surface area contributed by atoms with E-state index in [4.69, 9.17) is 18.5 Å². The maximum absolute atomic E-state index is 12.7. The van der Waals surface area contributed by atoms with E-state index in [2.05, 4.69) is 62.5 Å². The molecule has 0 aromatic heterocycles. The van der Waals surface area contributed by atoms with Gasteiger partial charge in [0.05, 0.1) is 27.7 Å². The smallest absolute Gasteiger partial charge is 0.462 e. The van der Waals surface area contributed by atoms with Gasteiger partial charge in [-0.15, -0.1) is 0 Å². The average Bonchev–Trinajstić information content (AvgIpc) is 3.10. The van der Waals surface area contributed by atoms with Crippen molar-refractivity contribution in [2.75, 3.05) is 47.5 Å². The van der Waals surface area contributed by atoms with Gasteiger partial charge < -0.3 is 18.9 Å². The molecule has 53 heavy (non-hydrogen) atoms. The predicted molar refractivity (Wildman–Crippen MR) is 220 cm³/mol. The van der Waals surface area contributed by atoms with Gasteiger partial charge in [0.25, 0.3) is 0 Å². The van der Waals surface area contributed by atoms with E-state index in [0.717, 1.165) is 89.9 Å². The number of phosphoric acid groups is 1. The summed E-state index contributed by atoms with van der Waals surface area (Å²) in [7, 11) is 1.45. The monoisotopic (exact) mass is 769 g/mol. The van der Waals surface area contributed by atoms with Crippen LogP contribution in [0.3, 0.4) is 0 Å². The summed E-state index contributed by atoms with van der Waals surface area (Å²) in [5, 5.41) is 0. The summed E-state index contributed by atoms with van der Waals surface area (Å²) in [6.45, 7) is 4.30. The number of rotatable bonds is 37. The Morgan fingerprint density at radius 3 is 1.55 bits per heavy atom. The molecule has 0 bridgehead atoms. The lowest BCUT2D eigenvalue weighted by Gasteiger charge is -2.24. The SMILES string of the molecule is CCCC/C=C/C/C=C/CCCCCCCC(=O)OC[C@H](COP(=O)(O)OCC[N+](C)(C)C)OC(=O)CCCCCCC/C=C/C/C=C/CCCCC. The van der Waals surface area contributed by atoms with Crippen LogP contribution < -0.4 is 0 Å². The van der Waals surface area contributed by atoms with Gasteiger partial charge in [-0.25, -0.2) is 4.57 Å². The standard InChI is InChI=1S/C43H78NO8P/c1-6-8-10-12-14-16-18-20-22-24-26-28-30-32-34-36-43(46)52-41(40-51-53(47,48)50-38-37-44(3,4)5)39-49-42(45)35-33-31-29-27-25-23-21-19-17-15-13-11-9-7-2/h13-16,19-22,41H,6-12,17-18,23-40H2,1-5H3/p+1/b15-13+,16-14+,21-19+,22-20+/t41-/m1/s1. The van der Waals surface area contributed by atoms with E-state index < -0.39 is 26.5 Å². The molecule has 0 aromatic rings. The Morgan fingerprint density at radius 1 is 0.585 bits per heavy atom. The fourth-order valence-electron chi connectivity index (χ4n) is 5.23. The normalized spacial score (nSPS) is 14.2. The number of hydrogen-bond donors (Lipinski definition) is 1. The maximum Gasteiger partial charge on any atom is 0.472 e. The van der Waals surface area contributed by atoms with Crippen molar-refractivity contribution in [3.63, 3.8) is 0 Å². The number of likely N-dealkylation sites (N-methyl/N-ethyl adjacent to an activating group) is 1. The molecule has 0 aromatic carbocycles. The molecule has 0 fully saturated rings. The molecule has 10 heteroatoms. The zero-order chi connectivity index (χ0) is 39.3. The van der Waals surface area contributed by atoms with E-state index in [1.54, 1.807) is 0 Å². The maximum atomic E-state index is 12.7. The molecule has 0 aliphatic rings. The highest BCUT2D eigenvalue weighted by Gasteiger charge is 2.27. The number of hydrogen-bond acceptors (Lipinski definition) is 7. The second kappa shape index (κ2) is 35.7. The molecule has 0 aliphatic carbocycles. The first-order valence-corrected chi connectivity index (χ1v) is 22.4. The Bertz CT molecular complexity index is 1050. The Balaban J connectivity index is 4.45. The van der Waals surface area contributed by atoms with Crippen molar-refractivity contribution >= 4 is 19.8 Å². The summed E-state index contributed by atoms with van der Waals surface area (Å²) in [5.41, 5.74) is 0. The Morgan fingerprint density at radius 2 is 1.04 bits per heavy atom. The molecule has 0 heterocycles. The van der Waals surface area contributed by atoms with Crippen LogP contribution in [0.5, 0.6) is 0 Å². The zero-order valence-electron chi connectivity index (χ0n) is 34.5. The van der Waals surface area contributed by atoms with Crippen molar-refractivity contribution in [2.24, 2.45) is 0 Å². The van der Waals surface area contributed by atoms with Crippen LogP contribution in [-0.4, -0.2) is 74.9 Å². The highest BCUT2D eigenvalue weighted by atomic mass is 31.2. The molecule has 308 valence electrons. The number of phosphoric ester groups is 1. The Kier molecular flexibility index (Phi) is 34.3. The molecule has 0 spiro atoms. The molecule has 1 unspecified atom stereocenters. The third-order valence-electron chi connectivity index (χ3n) is 8.58. The number of ether oxygens (including phenoxy) is 2. The third-order valence-corrected chi connectivity index (χ3v) is 9.57. The van der Waals surface area contributed by atoms with Gasteiger partial charge in [-0.2, -0.15) is 0 Å². The van der Waals surface area contributed by atoms with Crippen LogP contribution in [0.25, 0.3) is 0 Å². The van der Waals surface area contributed by atoms with Crippen LogP contribution in [-0.2, 0) is 32.7 Å². The summed E-state index contributed by atoms with van der Waals surface area (Å²) in [6.07, 6.45) is 40.1. The number of nitrogens with zero attached hydrogens (tertiary/aromatic N) is 1. The quantitative estimate of drug-likeness (QED) is 0.0219. The minimum absolute atomic E-state index is 0.0248. The van der Waals surface area contributed by atoms with Crippen molar-refractivity contribution in [1.82, 2.24) is 0 Å². The summed E-state index contributed by atoms with van der Waals surface area (Å²) in [4.78, 5) is 35.3. The van der Waals surface area contributed by atoms with Gasteiger partial charge in [0.2, 0.25) is 0 Å². The number of carbonyl (C=O) groups is 2. The minimum atomic E-state index is -4.38. The number of esters is 2. The van der Waals surface area contributed by atoms with Crippen LogP contribution in [0.15, 0.2) is 48.6 Å². The molecule has 0 amide bonds. The van der Waals surface area contributed by atoms with Crippen LogP contribution in [0.4, 0.5) is 0 Å². The van der Waals surface area contributed by atoms with E-state index in [1.807, 2.05) is 21.1 Å². The molecule has 0 radical (unpaired) electrons. The lowest BCUT2D eigenvalue weighted by molar-refractivity contribution is -0.870. The lowest BCUT2D eigenvalue weighted by Crippen LogP contribution is -2.37. The third kappa shape index (κ3) is 39.5. The van der Waals surface area contributed by atoms with Crippen LogP contribution >= 0.6 is 7.82 Å². The first-order valence-electron chi connectivity index (χ1n) is 20.9. The molecular weight excluding hydrogens is 689 g/mol. The topological polar surface area (TPSA) is 108 Å². The number of carbonyl (C=O) groups excluding carboxylic acids is 2. The minimum Gasteiger partial charge on any atom is -0.462 e. The summed E-state index contributed by atoms with van der Waals surface area (Å²) < 4.78 is 34.2. The van der Waals surface area contributed by atoms with E-state index in [9.17, 15) is 19.0 Å². The fraction of sp³-hybridized carbons (Fsp3) is 0.767. The highest BCUT2D eigenvalue weighted by Crippen LogP contribution is 2.43. The highest BCUT2D eigenvalue weighted by molar-refractivity contribution is 7.47. The van der Waals surface area contributed by atoms with Gasteiger partial charge in [0.15, 0.2) is 6.10 Å². The zero-order valence-corrected chi connectivity index (χ0v) is 35.4. The van der Waals surface area contributed by atoms with Gasteiger partial charge in [-0.1, -0.05) is 127 Å². The summed E-state index contributed by atoms with van der Waals surface area (Å²) in [5.74, 6) is -0.835. The van der Waals surface area contributed by atoms with E-state index in [-0.39, 0.29) is 32.0 Å². The van der Waals surface area contributed by atoms with E-state index in [0.29, 0.717) is 17.4 Å². The molecule has 2 atom stereocenters.